The lowest BCUT2D eigenvalue weighted by molar-refractivity contribution is 0.0383. The molecular weight excluding hydrogens is 326 g/mol. The number of likely N-dealkylation sites (N-methyl/N-ethyl adjacent to an activating group) is 1. The SMILES string of the molecule is CN1CCc2c(c3cccc(CO)c3n2CC(C)(O)c2ccncc2)C1. The van der Waals surface area contributed by atoms with Crippen LogP contribution in [0.4, 0.5) is 0 Å². The molecule has 0 bridgehead atoms. The zero-order valence-corrected chi connectivity index (χ0v) is 15.3. The Balaban J connectivity index is 1.89. The quantitative estimate of drug-likeness (QED) is 0.758. The number of hydrogen-bond acceptors (Lipinski definition) is 4. The highest BCUT2D eigenvalue weighted by atomic mass is 16.3. The van der Waals surface area contributed by atoms with Gasteiger partial charge in [0.05, 0.1) is 18.7 Å². The number of hydrogen-bond donors (Lipinski definition) is 2. The lowest BCUT2D eigenvalue weighted by atomic mass is 9.96. The van der Waals surface area contributed by atoms with Gasteiger partial charge in [-0.1, -0.05) is 18.2 Å². The minimum Gasteiger partial charge on any atom is -0.392 e. The number of aliphatic hydroxyl groups is 2. The van der Waals surface area contributed by atoms with Gasteiger partial charge in [0, 0.05) is 48.5 Å². The second-order valence-corrected chi connectivity index (χ2v) is 7.48. The molecular formula is C21H25N3O2. The van der Waals surface area contributed by atoms with Gasteiger partial charge >= 0.3 is 0 Å². The van der Waals surface area contributed by atoms with E-state index in [9.17, 15) is 10.2 Å². The van der Waals surface area contributed by atoms with Crippen LogP contribution in [0.3, 0.4) is 0 Å². The topological polar surface area (TPSA) is 61.5 Å². The van der Waals surface area contributed by atoms with Crippen molar-refractivity contribution >= 4 is 10.9 Å². The van der Waals surface area contributed by atoms with Crippen molar-refractivity contribution in [3.8, 4) is 0 Å². The first-order chi connectivity index (χ1) is 12.5. The third-order valence-electron chi connectivity index (χ3n) is 5.49. The maximum absolute atomic E-state index is 11.2. The summed E-state index contributed by atoms with van der Waals surface area (Å²) in [6.45, 7) is 4.18. The van der Waals surface area contributed by atoms with E-state index in [1.54, 1.807) is 12.4 Å². The Kier molecular flexibility index (Phi) is 4.31. The van der Waals surface area contributed by atoms with Gasteiger partial charge in [-0.05, 0) is 37.2 Å². The molecule has 1 unspecified atom stereocenters. The molecule has 26 heavy (non-hydrogen) atoms. The smallest absolute Gasteiger partial charge is 0.105 e. The first-order valence-corrected chi connectivity index (χ1v) is 9.05. The molecule has 1 aromatic carbocycles. The molecule has 0 spiro atoms. The van der Waals surface area contributed by atoms with Crippen molar-refractivity contribution in [2.75, 3.05) is 13.6 Å². The fraction of sp³-hybridized carbons (Fsp3) is 0.381. The van der Waals surface area contributed by atoms with Crippen LogP contribution in [0.2, 0.25) is 0 Å². The highest BCUT2D eigenvalue weighted by Gasteiger charge is 2.29. The first kappa shape index (κ1) is 17.2. The number of aromatic nitrogens is 2. The Labute approximate surface area is 153 Å². The summed E-state index contributed by atoms with van der Waals surface area (Å²) in [7, 11) is 2.13. The van der Waals surface area contributed by atoms with Gasteiger partial charge in [0.25, 0.3) is 0 Å². The standard InChI is InChI=1S/C21H25N3O2/c1-21(26,16-6-9-22-10-7-16)14-24-19-8-11-23(2)12-18(19)17-5-3-4-15(13-25)20(17)24/h3-7,9-10,25-26H,8,11-14H2,1-2H3. The lowest BCUT2D eigenvalue weighted by Gasteiger charge is -2.29. The second kappa shape index (κ2) is 6.50. The van der Waals surface area contributed by atoms with E-state index in [1.807, 2.05) is 31.2 Å². The molecule has 5 heteroatoms. The van der Waals surface area contributed by atoms with Crippen LogP contribution in [0.5, 0.6) is 0 Å². The molecule has 136 valence electrons. The molecule has 5 nitrogen and oxygen atoms in total. The second-order valence-electron chi connectivity index (χ2n) is 7.48. The van der Waals surface area contributed by atoms with Gasteiger partial charge < -0.3 is 19.7 Å². The third kappa shape index (κ3) is 2.82. The summed E-state index contributed by atoms with van der Waals surface area (Å²) in [5.41, 5.74) is 4.37. The van der Waals surface area contributed by atoms with Crippen LogP contribution in [-0.4, -0.2) is 38.3 Å². The largest absolute Gasteiger partial charge is 0.392 e. The molecule has 0 radical (unpaired) electrons. The zero-order valence-electron chi connectivity index (χ0n) is 15.3. The molecule has 0 aliphatic carbocycles. The van der Waals surface area contributed by atoms with E-state index in [0.717, 1.165) is 36.2 Å². The predicted molar refractivity (Wildman–Crippen MR) is 102 cm³/mol. The predicted octanol–water partition coefficient (Wildman–Crippen LogP) is 2.42. The Morgan fingerprint density at radius 2 is 1.96 bits per heavy atom. The molecule has 0 fully saturated rings. The van der Waals surface area contributed by atoms with E-state index in [4.69, 9.17) is 0 Å². The van der Waals surface area contributed by atoms with E-state index in [2.05, 4.69) is 27.6 Å². The van der Waals surface area contributed by atoms with Crippen molar-refractivity contribution in [2.45, 2.75) is 38.6 Å². The van der Waals surface area contributed by atoms with Gasteiger partial charge in [0.1, 0.15) is 5.60 Å². The lowest BCUT2D eigenvalue weighted by Crippen LogP contribution is -2.31. The summed E-state index contributed by atoms with van der Waals surface area (Å²) in [6.07, 6.45) is 4.36. The molecule has 1 aliphatic rings. The number of para-hydroxylation sites is 1. The van der Waals surface area contributed by atoms with Crippen LogP contribution < -0.4 is 0 Å². The number of aliphatic hydroxyl groups excluding tert-OH is 1. The van der Waals surface area contributed by atoms with Gasteiger partial charge in [0.15, 0.2) is 0 Å². The third-order valence-corrected chi connectivity index (χ3v) is 5.49. The van der Waals surface area contributed by atoms with Crippen molar-refractivity contribution in [3.63, 3.8) is 0 Å². The fourth-order valence-electron chi connectivity index (χ4n) is 4.13. The van der Waals surface area contributed by atoms with E-state index in [1.165, 1.54) is 16.6 Å². The van der Waals surface area contributed by atoms with Crippen LogP contribution in [0.15, 0.2) is 42.7 Å². The van der Waals surface area contributed by atoms with E-state index in [-0.39, 0.29) is 6.61 Å². The van der Waals surface area contributed by atoms with E-state index >= 15 is 0 Å². The molecule has 0 saturated heterocycles. The van der Waals surface area contributed by atoms with E-state index < -0.39 is 5.60 Å². The number of pyridine rings is 1. The molecule has 3 aromatic rings. The summed E-state index contributed by atoms with van der Waals surface area (Å²) < 4.78 is 2.23. The van der Waals surface area contributed by atoms with Crippen molar-refractivity contribution in [3.05, 3.63) is 65.1 Å². The Hall–Kier alpha value is -2.21. The molecule has 2 N–H and O–H groups in total. The molecule has 1 atom stereocenters. The monoisotopic (exact) mass is 351 g/mol. The van der Waals surface area contributed by atoms with Crippen molar-refractivity contribution in [2.24, 2.45) is 0 Å². The number of benzene rings is 1. The van der Waals surface area contributed by atoms with Gasteiger partial charge in [-0.3, -0.25) is 4.98 Å². The van der Waals surface area contributed by atoms with Crippen LogP contribution in [0, 0.1) is 0 Å². The maximum atomic E-state index is 11.2. The van der Waals surface area contributed by atoms with Gasteiger partial charge in [0.2, 0.25) is 0 Å². The highest BCUT2D eigenvalue weighted by molar-refractivity contribution is 5.88. The van der Waals surface area contributed by atoms with Crippen LogP contribution in [0.25, 0.3) is 10.9 Å². The van der Waals surface area contributed by atoms with Crippen LogP contribution >= 0.6 is 0 Å². The molecule has 3 heterocycles. The normalized spacial score (nSPS) is 17.2. The van der Waals surface area contributed by atoms with Crippen molar-refractivity contribution in [1.29, 1.82) is 0 Å². The van der Waals surface area contributed by atoms with Crippen molar-refractivity contribution < 1.29 is 10.2 Å². The fourth-order valence-corrected chi connectivity index (χ4v) is 4.13. The number of rotatable bonds is 4. The Bertz CT molecular complexity index is 931. The molecule has 2 aromatic heterocycles. The molecule has 1 aliphatic heterocycles. The molecule has 0 saturated carbocycles. The number of fused-ring (bicyclic) bond motifs is 3. The molecule has 0 amide bonds. The summed E-state index contributed by atoms with van der Waals surface area (Å²) >= 11 is 0. The van der Waals surface area contributed by atoms with Crippen LogP contribution in [-0.2, 0) is 31.7 Å². The average molecular weight is 351 g/mol. The van der Waals surface area contributed by atoms with E-state index in [0.29, 0.717) is 6.54 Å². The molecule has 4 rings (SSSR count). The summed E-state index contributed by atoms with van der Waals surface area (Å²) in [5, 5.41) is 22.3. The van der Waals surface area contributed by atoms with Gasteiger partial charge in [-0.2, -0.15) is 0 Å². The van der Waals surface area contributed by atoms with Crippen LogP contribution in [0.1, 0.15) is 29.3 Å². The summed E-state index contributed by atoms with van der Waals surface area (Å²) in [6, 6.07) is 9.82. The van der Waals surface area contributed by atoms with Gasteiger partial charge in [-0.25, -0.2) is 0 Å². The minimum atomic E-state index is -1.02. The Morgan fingerprint density at radius 3 is 2.69 bits per heavy atom. The maximum Gasteiger partial charge on any atom is 0.105 e. The average Bonchev–Trinajstić information content (AvgIpc) is 2.95. The minimum absolute atomic E-state index is 0.00648. The zero-order chi connectivity index (χ0) is 18.3. The summed E-state index contributed by atoms with van der Waals surface area (Å²) in [5.74, 6) is 0. The first-order valence-electron chi connectivity index (χ1n) is 9.05. The van der Waals surface area contributed by atoms with Crippen molar-refractivity contribution in [1.82, 2.24) is 14.5 Å². The Morgan fingerprint density at radius 1 is 1.19 bits per heavy atom. The highest BCUT2D eigenvalue weighted by Crippen LogP contribution is 2.35. The van der Waals surface area contributed by atoms with Gasteiger partial charge in [-0.15, -0.1) is 0 Å². The number of nitrogens with zero attached hydrogens (tertiary/aromatic N) is 3. The summed E-state index contributed by atoms with van der Waals surface area (Å²) in [4.78, 5) is 6.37.